The maximum atomic E-state index is 13.2. The third-order valence-electron chi connectivity index (χ3n) is 7.34. The Kier molecular flexibility index (Phi) is 8.94. The van der Waals surface area contributed by atoms with Crippen molar-refractivity contribution < 1.29 is 28.7 Å². The molecule has 5 rings (SSSR count). The summed E-state index contributed by atoms with van der Waals surface area (Å²) in [6.45, 7) is 0.0649. The summed E-state index contributed by atoms with van der Waals surface area (Å²) in [6.07, 6.45) is -1.94. The number of benzene rings is 4. The average Bonchev–Trinajstić information content (AvgIpc) is 3.36. The van der Waals surface area contributed by atoms with Gasteiger partial charge in [-0.1, -0.05) is 109 Å². The van der Waals surface area contributed by atoms with Crippen LogP contribution in [0.1, 0.15) is 40.7 Å². The van der Waals surface area contributed by atoms with Gasteiger partial charge in [-0.15, -0.1) is 0 Å². The highest BCUT2D eigenvalue weighted by molar-refractivity contribution is 5.89. The SMILES string of the molecule is CON(C)C(=O)C(CC(=O)OC(c1ccccc1)c1ccccc1)NC(=O)OCC1c2ccccc2-c2ccccc21. The molecule has 8 nitrogen and oxygen atoms in total. The van der Waals surface area contributed by atoms with Crippen LogP contribution in [-0.2, 0) is 23.9 Å². The van der Waals surface area contributed by atoms with Crippen molar-refractivity contribution in [3.05, 3.63) is 131 Å². The van der Waals surface area contributed by atoms with Crippen molar-refractivity contribution in [1.29, 1.82) is 0 Å². The molecule has 0 heterocycles. The van der Waals surface area contributed by atoms with E-state index in [0.29, 0.717) is 0 Å². The third-order valence-corrected chi connectivity index (χ3v) is 7.34. The minimum Gasteiger partial charge on any atom is -0.452 e. The molecule has 42 heavy (non-hydrogen) atoms. The fraction of sp³-hybridized carbons (Fsp3) is 0.206. The molecule has 1 atom stereocenters. The number of likely N-dealkylation sites (N-methyl/N-ethyl adjacent to an activating group) is 1. The first-order valence-electron chi connectivity index (χ1n) is 13.7. The van der Waals surface area contributed by atoms with Crippen molar-refractivity contribution >= 4 is 18.0 Å². The molecular weight excluding hydrogens is 532 g/mol. The van der Waals surface area contributed by atoms with E-state index in [0.717, 1.165) is 38.4 Å². The largest absolute Gasteiger partial charge is 0.452 e. The molecule has 1 aliphatic rings. The second kappa shape index (κ2) is 13.1. The van der Waals surface area contributed by atoms with Gasteiger partial charge in [0.15, 0.2) is 6.10 Å². The Morgan fingerprint density at radius 1 is 0.762 bits per heavy atom. The predicted molar refractivity (Wildman–Crippen MR) is 157 cm³/mol. The van der Waals surface area contributed by atoms with Crippen LogP contribution in [0, 0.1) is 0 Å². The summed E-state index contributed by atoms with van der Waals surface area (Å²) < 4.78 is 11.5. The highest BCUT2D eigenvalue weighted by atomic mass is 16.7. The third kappa shape index (κ3) is 6.34. The number of fused-ring (bicyclic) bond motifs is 3. The smallest absolute Gasteiger partial charge is 0.407 e. The number of carbonyl (C=O) groups is 3. The number of hydrogen-bond donors (Lipinski definition) is 1. The summed E-state index contributed by atoms with van der Waals surface area (Å²) in [5.74, 6) is -1.45. The summed E-state index contributed by atoms with van der Waals surface area (Å²) >= 11 is 0. The number of amides is 2. The van der Waals surface area contributed by atoms with Crippen molar-refractivity contribution in [2.75, 3.05) is 20.8 Å². The number of ether oxygens (including phenoxy) is 2. The van der Waals surface area contributed by atoms with Crippen LogP contribution in [0.2, 0.25) is 0 Å². The van der Waals surface area contributed by atoms with Crippen molar-refractivity contribution in [2.45, 2.75) is 24.5 Å². The zero-order chi connectivity index (χ0) is 29.5. The molecule has 0 bridgehead atoms. The van der Waals surface area contributed by atoms with Crippen molar-refractivity contribution in [2.24, 2.45) is 0 Å². The Hall–Kier alpha value is -4.95. The maximum Gasteiger partial charge on any atom is 0.407 e. The van der Waals surface area contributed by atoms with Gasteiger partial charge in [0.05, 0.1) is 13.5 Å². The molecule has 0 saturated heterocycles. The van der Waals surface area contributed by atoms with Crippen molar-refractivity contribution in [3.8, 4) is 11.1 Å². The lowest BCUT2D eigenvalue weighted by atomic mass is 9.98. The standard InChI is InChI=1S/C34H32N2O6/c1-36(40-2)33(38)30(21-31(37)42-32(23-13-5-3-6-14-23)24-15-7-4-8-16-24)35-34(39)41-22-29-27-19-11-9-17-25(27)26-18-10-12-20-28(26)29/h3-20,29-30,32H,21-22H2,1-2H3,(H,35,39). The van der Waals surface area contributed by atoms with Gasteiger partial charge in [0, 0.05) is 13.0 Å². The molecule has 1 unspecified atom stereocenters. The van der Waals surface area contributed by atoms with Gasteiger partial charge in [-0.05, 0) is 33.4 Å². The Labute approximate surface area is 244 Å². The lowest BCUT2D eigenvalue weighted by Gasteiger charge is -2.24. The second-order valence-electron chi connectivity index (χ2n) is 9.94. The molecular formula is C34H32N2O6. The zero-order valence-corrected chi connectivity index (χ0v) is 23.4. The van der Waals surface area contributed by atoms with Gasteiger partial charge in [0.2, 0.25) is 0 Å². The molecule has 214 valence electrons. The summed E-state index contributed by atoms with van der Waals surface area (Å²) in [5, 5.41) is 3.51. The van der Waals surface area contributed by atoms with Crippen LogP contribution in [0.3, 0.4) is 0 Å². The zero-order valence-electron chi connectivity index (χ0n) is 23.4. The van der Waals surface area contributed by atoms with E-state index in [2.05, 4.69) is 5.32 Å². The molecule has 4 aromatic rings. The minimum atomic E-state index is -1.27. The highest BCUT2D eigenvalue weighted by Crippen LogP contribution is 2.44. The number of nitrogens with zero attached hydrogens (tertiary/aromatic N) is 1. The van der Waals surface area contributed by atoms with Gasteiger partial charge in [0.1, 0.15) is 12.6 Å². The van der Waals surface area contributed by atoms with E-state index in [1.165, 1.54) is 14.2 Å². The number of alkyl carbamates (subject to hydrolysis) is 1. The fourth-order valence-corrected chi connectivity index (χ4v) is 5.22. The number of carbonyl (C=O) groups excluding carboxylic acids is 3. The van der Waals surface area contributed by atoms with Gasteiger partial charge >= 0.3 is 12.1 Å². The van der Waals surface area contributed by atoms with Crippen LogP contribution in [-0.4, -0.2) is 49.8 Å². The molecule has 2 amide bonds. The first-order valence-corrected chi connectivity index (χ1v) is 13.7. The predicted octanol–water partition coefficient (Wildman–Crippen LogP) is 5.64. The summed E-state index contributed by atoms with van der Waals surface area (Å²) in [7, 11) is 2.72. The molecule has 0 radical (unpaired) electrons. The molecule has 0 aromatic heterocycles. The summed E-state index contributed by atoms with van der Waals surface area (Å²) in [6, 6.07) is 33.4. The Morgan fingerprint density at radius 3 is 1.79 bits per heavy atom. The van der Waals surface area contributed by atoms with E-state index >= 15 is 0 Å². The number of rotatable bonds is 10. The van der Waals surface area contributed by atoms with Crippen LogP contribution < -0.4 is 5.32 Å². The molecule has 1 N–H and O–H groups in total. The molecule has 0 fully saturated rings. The van der Waals surface area contributed by atoms with E-state index < -0.39 is 36.5 Å². The monoisotopic (exact) mass is 564 g/mol. The summed E-state index contributed by atoms with van der Waals surface area (Å²) in [5.41, 5.74) is 5.89. The van der Waals surface area contributed by atoms with Crippen LogP contribution in [0.4, 0.5) is 4.79 Å². The van der Waals surface area contributed by atoms with Crippen LogP contribution >= 0.6 is 0 Å². The molecule has 0 spiro atoms. The number of nitrogens with one attached hydrogen (secondary N) is 1. The molecule has 8 heteroatoms. The molecule has 4 aromatic carbocycles. The normalized spacial score (nSPS) is 12.6. The van der Waals surface area contributed by atoms with Gasteiger partial charge in [-0.25, -0.2) is 9.86 Å². The Balaban J connectivity index is 1.28. The first-order chi connectivity index (χ1) is 20.5. The quantitative estimate of drug-likeness (QED) is 0.198. The van der Waals surface area contributed by atoms with Crippen molar-refractivity contribution in [1.82, 2.24) is 10.4 Å². The lowest BCUT2D eigenvalue weighted by Crippen LogP contribution is -2.48. The second-order valence-corrected chi connectivity index (χ2v) is 9.94. The topological polar surface area (TPSA) is 94.2 Å². The Morgan fingerprint density at radius 2 is 1.26 bits per heavy atom. The van der Waals surface area contributed by atoms with E-state index in [1.54, 1.807) is 0 Å². The van der Waals surface area contributed by atoms with Gasteiger partial charge in [0.25, 0.3) is 5.91 Å². The number of hydroxylamine groups is 2. The lowest BCUT2D eigenvalue weighted by molar-refractivity contribution is -0.172. The van der Waals surface area contributed by atoms with Crippen LogP contribution in [0.5, 0.6) is 0 Å². The van der Waals surface area contributed by atoms with E-state index in [1.807, 2.05) is 109 Å². The number of hydrogen-bond acceptors (Lipinski definition) is 6. The van der Waals surface area contributed by atoms with E-state index in [-0.39, 0.29) is 12.5 Å². The summed E-state index contributed by atoms with van der Waals surface area (Å²) in [4.78, 5) is 44.3. The minimum absolute atomic E-state index is 0.0649. The Bertz CT molecular complexity index is 1460. The van der Waals surface area contributed by atoms with Gasteiger partial charge < -0.3 is 14.8 Å². The van der Waals surface area contributed by atoms with E-state index in [4.69, 9.17) is 14.3 Å². The molecule has 1 aliphatic carbocycles. The fourth-order valence-electron chi connectivity index (χ4n) is 5.22. The van der Waals surface area contributed by atoms with Crippen molar-refractivity contribution in [3.63, 3.8) is 0 Å². The molecule has 0 saturated carbocycles. The maximum absolute atomic E-state index is 13.2. The number of esters is 1. The van der Waals surface area contributed by atoms with Gasteiger partial charge in [-0.2, -0.15) is 0 Å². The van der Waals surface area contributed by atoms with E-state index in [9.17, 15) is 14.4 Å². The van der Waals surface area contributed by atoms with Gasteiger partial charge in [-0.3, -0.25) is 14.4 Å². The molecule has 0 aliphatic heterocycles. The first kappa shape index (κ1) is 28.6. The van der Waals surface area contributed by atoms with Crippen LogP contribution in [0.15, 0.2) is 109 Å². The average molecular weight is 565 g/mol. The highest BCUT2D eigenvalue weighted by Gasteiger charge is 2.32. The van der Waals surface area contributed by atoms with Crippen LogP contribution in [0.25, 0.3) is 11.1 Å².